The molecule has 2 rings (SSSR count). The topological polar surface area (TPSA) is 57.6 Å². The lowest BCUT2D eigenvalue weighted by molar-refractivity contribution is -0.0435. The van der Waals surface area contributed by atoms with E-state index in [1.54, 1.807) is 11.8 Å². The van der Waals surface area contributed by atoms with Crippen LogP contribution in [0.4, 0.5) is 18.9 Å². The number of piperidine rings is 1. The molecule has 2 atom stereocenters. The fourth-order valence-corrected chi connectivity index (χ4v) is 3.40. The largest absolute Gasteiger partial charge is 0.501 e. The molecule has 0 saturated carbocycles. The van der Waals surface area contributed by atoms with Gasteiger partial charge >= 0.3 is 5.51 Å². The summed E-state index contributed by atoms with van der Waals surface area (Å²) < 4.78 is 61.6. The highest BCUT2D eigenvalue weighted by Crippen LogP contribution is 2.37. The first-order chi connectivity index (χ1) is 9.64. The van der Waals surface area contributed by atoms with E-state index in [2.05, 4.69) is 0 Å². The lowest BCUT2D eigenvalue weighted by Gasteiger charge is -2.36. The number of halogens is 3. The number of aliphatic hydroxyl groups excluding tert-OH is 1. The number of sulfone groups is 1. The summed E-state index contributed by atoms with van der Waals surface area (Å²) in [5, 5.41) is 9.68. The van der Waals surface area contributed by atoms with E-state index in [-0.39, 0.29) is 11.6 Å². The Morgan fingerprint density at radius 2 is 1.90 bits per heavy atom. The maximum atomic E-state index is 12.8. The number of anilines is 1. The van der Waals surface area contributed by atoms with Crippen molar-refractivity contribution >= 4 is 15.5 Å². The number of alkyl halides is 3. The normalized spacial score (nSPS) is 24.1. The highest BCUT2D eigenvalue weighted by molar-refractivity contribution is 7.92. The molecule has 2 unspecified atom stereocenters. The zero-order valence-corrected chi connectivity index (χ0v) is 12.2. The van der Waals surface area contributed by atoms with Gasteiger partial charge in [-0.15, -0.1) is 0 Å². The standard InChI is InChI=1S/C13H16F3NO3S/c1-9-8-17(7-6-11(9)18)10-4-2-3-5-12(10)21(19,20)13(14,15)16/h2-5,9,11,18H,6-8H2,1H3. The average molecular weight is 323 g/mol. The Hall–Kier alpha value is -1.28. The molecule has 0 aliphatic carbocycles. The van der Waals surface area contributed by atoms with E-state index >= 15 is 0 Å². The SMILES string of the molecule is CC1CN(c2ccccc2S(=O)(=O)C(F)(F)F)CCC1O. The van der Waals surface area contributed by atoms with Crippen LogP contribution in [-0.2, 0) is 9.84 Å². The number of hydrogen-bond donors (Lipinski definition) is 1. The Morgan fingerprint density at radius 1 is 1.29 bits per heavy atom. The van der Waals surface area contributed by atoms with Gasteiger partial charge in [0.2, 0.25) is 0 Å². The molecule has 1 saturated heterocycles. The average Bonchev–Trinajstić information content (AvgIpc) is 2.40. The van der Waals surface area contributed by atoms with E-state index in [4.69, 9.17) is 0 Å². The van der Waals surface area contributed by atoms with E-state index in [1.165, 1.54) is 18.2 Å². The molecular weight excluding hydrogens is 307 g/mol. The van der Waals surface area contributed by atoms with Gasteiger partial charge in [0.05, 0.1) is 16.7 Å². The van der Waals surface area contributed by atoms with Crippen LogP contribution in [0.1, 0.15) is 13.3 Å². The van der Waals surface area contributed by atoms with E-state index in [0.717, 1.165) is 6.07 Å². The van der Waals surface area contributed by atoms with Crippen LogP contribution in [0.5, 0.6) is 0 Å². The molecule has 1 aromatic rings. The van der Waals surface area contributed by atoms with E-state index < -0.39 is 26.3 Å². The fraction of sp³-hybridized carbons (Fsp3) is 0.538. The number of rotatable bonds is 2. The molecular formula is C13H16F3NO3S. The van der Waals surface area contributed by atoms with Crippen LogP contribution >= 0.6 is 0 Å². The van der Waals surface area contributed by atoms with Crippen molar-refractivity contribution in [1.29, 1.82) is 0 Å². The summed E-state index contributed by atoms with van der Waals surface area (Å²) in [5.74, 6) is -0.139. The van der Waals surface area contributed by atoms with Gasteiger partial charge in [-0.05, 0) is 24.5 Å². The van der Waals surface area contributed by atoms with Gasteiger partial charge in [0.25, 0.3) is 9.84 Å². The van der Waals surface area contributed by atoms with Crippen LogP contribution in [-0.4, -0.2) is 38.2 Å². The van der Waals surface area contributed by atoms with Gasteiger partial charge < -0.3 is 10.0 Å². The van der Waals surface area contributed by atoms with Crippen molar-refractivity contribution < 1.29 is 26.7 Å². The molecule has 0 bridgehead atoms. The molecule has 1 aromatic carbocycles. The predicted molar refractivity (Wildman–Crippen MR) is 71.7 cm³/mol. The minimum atomic E-state index is -5.39. The van der Waals surface area contributed by atoms with Crippen molar-refractivity contribution in [2.75, 3.05) is 18.0 Å². The molecule has 1 aliphatic heterocycles. The van der Waals surface area contributed by atoms with Crippen molar-refractivity contribution in [3.63, 3.8) is 0 Å². The number of benzene rings is 1. The molecule has 0 amide bonds. The quantitative estimate of drug-likeness (QED) is 0.906. The van der Waals surface area contributed by atoms with Crippen molar-refractivity contribution in [1.82, 2.24) is 0 Å². The second-order valence-corrected chi connectivity index (χ2v) is 7.11. The number of para-hydroxylation sites is 1. The van der Waals surface area contributed by atoms with Gasteiger partial charge in [-0.1, -0.05) is 19.1 Å². The molecule has 1 heterocycles. The highest BCUT2D eigenvalue weighted by atomic mass is 32.2. The van der Waals surface area contributed by atoms with Crippen LogP contribution in [0.3, 0.4) is 0 Å². The van der Waals surface area contributed by atoms with Crippen LogP contribution in [0.25, 0.3) is 0 Å². The van der Waals surface area contributed by atoms with Crippen molar-refractivity contribution in [2.24, 2.45) is 5.92 Å². The van der Waals surface area contributed by atoms with Crippen LogP contribution in [0.15, 0.2) is 29.2 Å². The molecule has 118 valence electrons. The zero-order valence-electron chi connectivity index (χ0n) is 11.3. The maximum Gasteiger partial charge on any atom is 0.501 e. The van der Waals surface area contributed by atoms with Crippen LogP contribution in [0, 0.1) is 5.92 Å². The fourth-order valence-electron chi connectivity index (χ4n) is 2.42. The first-order valence-corrected chi connectivity index (χ1v) is 7.96. The summed E-state index contributed by atoms with van der Waals surface area (Å²) in [6, 6.07) is 5.10. The minimum Gasteiger partial charge on any atom is -0.393 e. The molecule has 0 radical (unpaired) electrons. The molecule has 1 N–H and O–H groups in total. The summed E-state index contributed by atoms with van der Waals surface area (Å²) in [6.45, 7) is 2.40. The lowest BCUT2D eigenvalue weighted by Crippen LogP contribution is -2.42. The number of aliphatic hydroxyl groups is 1. The van der Waals surface area contributed by atoms with Crippen molar-refractivity contribution in [2.45, 2.75) is 29.9 Å². The van der Waals surface area contributed by atoms with Crippen molar-refractivity contribution in [3.05, 3.63) is 24.3 Å². The third kappa shape index (κ3) is 3.01. The minimum absolute atomic E-state index is 0.0357. The van der Waals surface area contributed by atoms with Gasteiger partial charge in [-0.3, -0.25) is 0 Å². The summed E-state index contributed by atoms with van der Waals surface area (Å²) in [4.78, 5) is 0.844. The summed E-state index contributed by atoms with van der Waals surface area (Å²) >= 11 is 0. The summed E-state index contributed by atoms with van der Waals surface area (Å²) in [5.41, 5.74) is -5.29. The van der Waals surface area contributed by atoms with E-state index in [9.17, 15) is 26.7 Å². The highest BCUT2D eigenvalue weighted by Gasteiger charge is 2.48. The molecule has 0 spiro atoms. The van der Waals surface area contributed by atoms with Gasteiger partial charge in [-0.25, -0.2) is 8.42 Å². The van der Waals surface area contributed by atoms with Gasteiger partial charge in [-0.2, -0.15) is 13.2 Å². The summed E-state index contributed by atoms with van der Waals surface area (Å²) in [6.07, 6.45) is -0.130. The Kier molecular flexibility index (Phi) is 4.21. The Balaban J connectivity index is 2.44. The zero-order chi connectivity index (χ0) is 15.8. The first-order valence-electron chi connectivity index (χ1n) is 6.48. The van der Waals surface area contributed by atoms with E-state index in [0.29, 0.717) is 19.5 Å². The monoisotopic (exact) mass is 323 g/mol. The van der Waals surface area contributed by atoms with Crippen molar-refractivity contribution in [3.8, 4) is 0 Å². The second-order valence-electron chi connectivity index (χ2n) is 5.20. The molecule has 1 aliphatic rings. The Morgan fingerprint density at radius 3 is 2.48 bits per heavy atom. The smallest absolute Gasteiger partial charge is 0.393 e. The first kappa shape index (κ1) is 16.1. The predicted octanol–water partition coefficient (Wildman–Crippen LogP) is 2.19. The third-order valence-electron chi connectivity index (χ3n) is 3.66. The second kappa shape index (κ2) is 5.49. The maximum absolute atomic E-state index is 12.8. The Labute approximate surface area is 121 Å². The number of hydrogen-bond acceptors (Lipinski definition) is 4. The van der Waals surface area contributed by atoms with Crippen LogP contribution in [0.2, 0.25) is 0 Å². The molecule has 1 fully saturated rings. The Bertz CT molecular complexity index is 615. The van der Waals surface area contributed by atoms with Gasteiger partial charge in [0.15, 0.2) is 0 Å². The van der Waals surface area contributed by atoms with Crippen LogP contribution < -0.4 is 4.90 Å². The third-order valence-corrected chi connectivity index (χ3v) is 5.19. The number of nitrogens with zero attached hydrogens (tertiary/aromatic N) is 1. The van der Waals surface area contributed by atoms with E-state index in [1.807, 2.05) is 0 Å². The molecule has 0 aromatic heterocycles. The molecule has 4 nitrogen and oxygen atoms in total. The van der Waals surface area contributed by atoms with Gasteiger partial charge in [0.1, 0.15) is 0 Å². The summed E-state index contributed by atoms with van der Waals surface area (Å²) in [7, 11) is -5.39. The van der Waals surface area contributed by atoms with Gasteiger partial charge in [0, 0.05) is 13.1 Å². The molecule has 21 heavy (non-hydrogen) atoms. The molecule has 8 heteroatoms. The lowest BCUT2D eigenvalue weighted by atomic mass is 9.96.